The van der Waals surface area contributed by atoms with Gasteiger partial charge in [0.05, 0.1) is 6.04 Å². The third-order valence-corrected chi connectivity index (χ3v) is 5.28. The van der Waals surface area contributed by atoms with Crippen LogP contribution < -0.4 is 5.32 Å². The Morgan fingerprint density at radius 2 is 1.89 bits per heavy atom. The van der Waals surface area contributed by atoms with Gasteiger partial charge in [-0.1, -0.05) is 12.8 Å². The number of likely N-dealkylation sites (tertiary alicyclic amines) is 1. The molecule has 3 fully saturated rings. The van der Waals surface area contributed by atoms with Gasteiger partial charge in [0.25, 0.3) is 0 Å². The Morgan fingerprint density at radius 1 is 1.06 bits per heavy atom. The summed E-state index contributed by atoms with van der Waals surface area (Å²) < 4.78 is 0. The number of piperidine rings is 1. The van der Waals surface area contributed by atoms with Crippen molar-refractivity contribution < 1.29 is 4.79 Å². The molecular weight excluding hydrogens is 224 g/mol. The van der Waals surface area contributed by atoms with Gasteiger partial charge in [-0.05, 0) is 51.4 Å². The van der Waals surface area contributed by atoms with E-state index >= 15 is 0 Å². The average molecular weight is 250 g/mol. The van der Waals surface area contributed by atoms with Crippen molar-refractivity contribution in [1.82, 2.24) is 10.2 Å². The quantitative estimate of drug-likeness (QED) is 0.774. The van der Waals surface area contributed by atoms with E-state index in [1.54, 1.807) is 0 Å². The van der Waals surface area contributed by atoms with E-state index < -0.39 is 0 Å². The Bertz CT molecular complexity index is 318. The normalized spacial score (nSPS) is 40.6. The fraction of sp³-hybridized carbons (Fsp3) is 0.933. The summed E-state index contributed by atoms with van der Waals surface area (Å²) in [5.74, 6) is 1.22. The second kappa shape index (κ2) is 5.20. The Morgan fingerprint density at radius 3 is 2.67 bits per heavy atom. The summed E-state index contributed by atoms with van der Waals surface area (Å²) in [6, 6.07) is 1.20. The lowest BCUT2D eigenvalue weighted by Gasteiger charge is -2.41. The largest absolute Gasteiger partial charge is 0.339 e. The first kappa shape index (κ1) is 12.5. The van der Waals surface area contributed by atoms with Gasteiger partial charge in [0.1, 0.15) is 0 Å². The predicted molar refractivity (Wildman–Crippen MR) is 72.3 cm³/mol. The molecule has 1 N–H and O–H groups in total. The van der Waals surface area contributed by atoms with Crippen molar-refractivity contribution >= 4 is 5.91 Å². The molecule has 0 bridgehead atoms. The SMILES string of the molecule is CC1CCCN1C(=O)C1CCC2CCCCC2N1. The van der Waals surface area contributed by atoms with E-state index in [9.17, 15) is 4.79 Å². The number of amides is 1. The van der Waals surface area contributed by atoms with Gasteiger partial charge in [0, 0.05) is 18.6 Å². The number of hydrogen-bond donors (Lipinski definition) is 1. The Balaban J connectivity index is 1.61. The molecule has 3 nitrogen and oxygen atoms in total. The summed E-state index contributed by atoms with van der Waals surface area (Å²) in [6.07, 6.45) is 10.1. The molecule has 0 spiro atoms. The highest BCUT2D eigenvalue weighted by molar-refractivity contribution is 5.82. The summed E-state index contributed by atoms with van der Waals surface area (Å²) in [5.41, 5.74) is 0. The van der Waals surface area contributed by atoms with E-state index in [0.717, 1.165) is 18.9 Å². The van der Waals surface area contributed by atoms with Gasteiger partial charge in [0.2, 0.25) is 5.91 Å². The molecular formula is C15H26N2O. The average Bonchev–Trinajstić information content (AvgIpc) is 2.83. The van der Waals surface area contributed by atoms with Crippen molar-refractivity contribution in [2.24, 2.45) is 5.92 Å². The van der Waals surface area contributed by atoms with Gasteiger partial charge in [-0.25, -0.2) is 0 Å². The lowest BCUT2D eigenvalue weighted by molar-refractivity contribution is -0.135. The van der Waals surface area contributed by atoms with E-state index in [-0.39, 0.29) is 6.04 Å². The van der Waals surface area contributed by atoms with E-state index in [0.29, 0.717) is 18.0 Å². The van der Waals surface area contributed by atoms with Crippen LogP contribution in [-0.4, -0.2) is 35.5 Å². The van der Waals surface area contributed by atoms with E-state index in [4.69, 9.17) is 0 Å². The first-order valence-corrected chi connectivity index (χ1v) is 7.82. The number of carbonyl (C=O) groups excluding carboxylic acids is 1. The van der Waals surface area contributed by atoms with Gasteiger partial charge >= 0.3 is 0 Å². The highest BCUT2D eigenvalue weighted by atomic mass is 16.2. The smallest absolute Gasteiger partial charge is 0.239 e. The first-order chi connectivity index (χ1) is 8.75. The summed E-state index contributed by atoms with van der Waals surface area (Å²) in [7, 11) is 0. The molecule has 2 saturated heterocycles. The molecule has 2 aliphatic heterocycles. The van der Waals surface area contributed by atoms with Gasteiger partial charge in [-0.2, -0.15) is 0 Å². The number of carbonyl (C=O) groups is 1. The topological polar surface area (TPSA) is 32.3 Å². The number of nitrogens with one attached hydrogen (secondary N) is 1. The van der Waals surface area contributed by atoms with Crippen molar-refractivity contribution in [3.63, 3.8) is 0 Å². The number of hydrogen-bond acceptors (Lipinski definition) is 2. The second-order valence-electron chi connectivity index (χ2n) is 6.47. The van der Waals surface area contributed by atoms with E-state index in [1.165, 1.54) is 44.9 Å². The van der Waals surface area contributed by atoms with Crippen molar-refractivity contribution in [1.29, 1.82) is 0 Å². The molecule has 0 aromatic rings. The maximum atomic E-state index is 12.5. The van der Waals surface area contributed by atoms with Gasteiger partial charge in [0.15, 0.2) is 0 Å². The lowest BCUT2D eigenvalue weighted by atomic mass is 9.77. The van der Waals surface area contributed by atoms with Crippen LogP contribution in [0.1, 0.15) is 58.3 Å². The monoisotopic (exact) mass is 250 g/mol. The summed E-state index contributed by atoms with van der Waals surface area (Å²) in [5, 5.41) is 3.66. The maximum absolute atomic E-state index is 12.5. The predicted octanol–water partition coefficient (Wildman–Crippen LogP) is 2.31. The fourth-order valence-corrected chi connectivity index (χ4v) is 4.15. The summed E-state index contributed by atoms with van der Waals surface area (Å²) >= 11 is 0. The second-order valence-corrected chi connectivity index (χ2v) is 6.47. The van der Waals surface area contributed by atoms with Crippen LogP contribution in [0.5, 0.6) is 0 Å². The van der Waals surface area contributed by atoms with Gasteiger partial charge < -0.3 is 10.2 Å². The fourth-order valence-electron chi connectivity index (χ4n) is 4.15. The van der Waals surface area contributed by atoms with Gasteiger partial charge in [-0.15, -0.1) is 0 Å². The maximum Gasteiger partial charge on any atom is 0.239 e. The standard InChI is InChI=1S/C15H26N2O/c1-11-5-4-10-17(11)15(18)14-9-8-12-6-2-3-7-13(12)16-14/h11-14,16H,2-10H2,1H3. The highest BCUT2D eigenvalue weighted by Gasteiger charge is 2.37. The number of fused-ring (bicyclic) bond motifs is 1. The molecule has 0 aromatic heterocycles. The minimum Gasteiger partial charge on any atom is -0.339 e. The van der Waals surface area contributed by atoms with Crippen molar-refractivity contribution in [2.45, 2.75) is 76.4 Å². The summed E-state index contributed by atoms with van der Waals surface area (Å²) in [6.45, 7) is 3.17. The molecule has 1 aliphatic carbocycles. The van der Waals surface area contributed by atoms with Crippen LogP contribution in [0.25, 0.3) is 0 Å². The molecule has 0 aromatic carbocycles. The Labute approximate surface area is 110 Å². The third kappa shape index (κ3) is 2.29. The molecule has 1 amide bonds. The van der Waals surface area contributed by atoms with Crippen LogP contribution in [0.15, 0.2) is 0 Å². The zero-order valence-corrected chi connectivity index (χ0v) is 11.5. The van der Waals surface area contributed by atoms with Gasteiger partial charge in [-0.3, -0.25) is 4.79 Å². The zero-order chi connectivity index (χ0) is 12.5. The number of rotatable bonds is 1. The third-order valence-electron chi connectivity index (χ3n) is 5.28. The first-order valence-electron chi connectivity index (χ1n) is 7.82. The van der Waals surface area contributed by atoms with Crippen LogP contribution in [0.4, 0.5) is 0 Å². The molecule has 3 rings (SSSR count). The van der Waals surface area contributed by atoms with E-state index in [1.807, 2.05) is 0 Å². The molecule has 3 aliphatic rings. The van der Waals surface area contributed by atoms with Crippen LogP contribution in [0, 0.1) is 5.92 Å². The molecule has 1 saturated carbocycles. The molecule has 3 heteroatoms. The molecule has 102 valence electrons. The van der Waals surface area contributed by atoms with Crippen molar-refractivity contribution in [2.75, 3.05) is 6.54 Å². The van der Waals surface area contributed by atoms with Crippen molar-refractivity contribution in [3.05, 3.63) is 0 Å². The van der Waals surface area contributed by atoms with Crippen LogP contribution in [0.3, 0.4) is 0 Å². The van der Waals surface area contributed by atoms with Crippen molar-refractivity contribution in [3.8, 4) is 0 Å². The molecule has 4 unspecified atom stereocenters. The van der Waals surface area contributed by atoms with E-state index in [2.05, 4.69) is 17.1 Å². The Hall–Kier alpha value is -0.570. The minimum absolute atomic E-state index is 0.116. The van der Waals surface area contributed by atoms with Crippen LogP contribution >= 0.6 is 0 Å². The molecule has 2 heterocycles. The molecule has 0 radical (unpaired) electrons. The number of nitrogens with zero attached hydrogens (tertiary/aromatic N) is 1. The molecule has 4 atom stereocenters. The van der Waals surface area contributed by atoms with Crippen LogP contribution in [-0.2, 0) is 4.79 Å². The van der Waals surface area contributed by atoms with Crippen LogP contribution in [0.2, 0.25) is 0 Å². The molecule has 18 heavy (non-hydrogen) atoms. The summed E-state index contributed by atoms with van der Waals surface area (Å²) in [4.78, 5) is 14.7. The highest BCUT2D eigenvalue weighted by Crippen LogP contribution is 2.33. The minimum atomic E-state index is 0.116. The lowest BCUT2D eigenvalue weighted by Crippen LogP contribution is -2.56. The zero-order valence-electron chi connectivity index (χ0n) is 11.5. The Kier molecular flexibility index (Phi) is 3.60.